The largest absolute Gasteiger partial charge is 0.358 e. The molecule has 0 spiro atoms. The average Bonchev–Trinajstić information content (AvgIpc) is 2.61. The smallest absolute Gasteiger partial charge is 0.257 e. The predicted molar refractivity (Wildman–Crippen MR) is 106 cm³/mol. The van der Waals surface area contributed by atoms with Gasteiger partial charge in [0.15, 0.2) is 5.11 Å². The van der Waals surface area contributed by atoms with Gasteiger partial charge in [0.1, 0.15) is 0 Å². The molecule has 1 saturated carbocycles. The summed E-state index contributed by atoms with van der Waals surface area (Å²) in [7, 11) is 0. The summed E-state index contributed by atoms with van der Waals surface area (Å²) >= 11 is 5.25. The molecule has 142 valence electrons. The topological polar surface area (TPSA) is 82.3 Å². The number of thiocarbonyl (C=S) groups is 1. The van der Waals surface area contributed by atoms with E-state index in [1.54, 1.807) is 12.1 Å². The molecule has 0 radical (unpaired) electrons. The van der Waals surface area contributed by atoms with Gasteiger partial charge in [0.2, 0.25) is 0 Å². The number of hydrogen-bond donors (Lipinski definition) is 4. The Hall–Kier alpha value is -2.15. The van der Waals surface area contributed by atoms with Gasteiger partial charge in [-0.1, -0.05) is 44.4 Å². The van der Waals surface area contributed by atoms with E-state index in [2.05, 4.69) is 35.3 Å². The molecule has 0 heterocycles. The van der Waals surface area contributed by atoms with Crippen LogP contribution in [0.2, 0.25) is 0 Å². The van der Waals surface area contributed by atoms with Crippen molar-refractivity contribution >= 4 is 29.1 Å². The fourth-order valence-electron chi connectivity index (χ4n) is 3.21. The van der Waals surface area contributed by atoms with E-state index in [1.807, 2.05) is 19.1 Å². The van der Waals surface area contributed by atoms with Gasteiger partial charge >= 0.3 is 0 Å². The first-order chi connectivity index (χ1) is 12.4. The number of benzene rings is 1. The highest BCUT2D eigenvalue weighted by molar-refractivity contribution is 7.80. The number of rotatable bonds is 4. The summed E-state index contributed by atoms with van der Waals surface area (Å²) < 4.78 is 0. The maximum absolute atomic E-state index is 12.0. The van der Waals surface area contributed by atoms with Crippen LogP contribution < -0.4 is 21.5 Å². The maximum Gasteiger partial charge on any atom is 0.257 e. The fourth-order valence-corrected chi connectivity index (χ4v) is 3.41. The minimum atomic E-state index is -0.361. The van der Waals surface area contributed by atoms with E-state index >= 15 is 0 Å². The molecule has 1 fully saturated rings. The Labute approximate surface area is 160 Å². The van der Waals surface area contributed by atoms with Gasteiger partial charge in [-0.25, -0.2) is 0 Å². The van der Waals surface area contributed by atoms with Gasteiger partial charge in [0, 0.05) is 11.6 Å². The highest BCUT2D eigenvalue weighted by Crippen LogP contribution is 2.29. The van der Waals surface area contributed by atoms with Crippen molar-refractivity contribution < 1.29 is 9.59 Å². The number of aryl methyl sites for hydroxylation is 1. The molecule has 6 nitrogen and oxygen atoms in total. The molecule has 1 aromatic carbocycles. The van der Waals surface area contributed by atoms with Crippen molar-refractivity contribution in [3.8, 4) is 0 Å². The van der Waals surface area contributed by atoms with Gasteiger partial charge in [-0.15, -0.1) is 0 Å². The Bertz CT molecular complexity index is 665. The summed E-state index contributed by atoms with van der Waals surface area (Å²) in [5, 5.41) is 6.26. The zero-order chi connectivity index (χ0) is 19.1. The van der Waals surface area contributed by atoms with Crippen molar-refractivity contribution in [3.63, 3.8) is 0 Å². The van der Waals surface area contributed by atoms with Gasteiger partial charge in [-0.05, 0) is 49.5 Å². The molecule has 7 heteroatoms. The summed E-state index contributed by atoms with van der Waals surface area (Å²) in [6, 6.07) is 7.52. The fraction of sp³-hybridized carbons (Fsp3) is 0.526. The van der Waals surface area contributed by atoms with Crippen LogP contribution in [0.15, 0.2) is 24.3 Å². The quantitative estimate of drug-likeness (QED) is 0.478. The Morgan fingerprint density at radius 1 is 1.19 bits per heavy atom. The second kappa shape index (κ2) is 9.52. The number of carbonyl (C=O) groups is 2. The molecule has 2 amide bonds. The van der Waals surface area contributed by atoms with Crippen LogP contribution in [0.3, 0.4) is 0 Å². The molecule has 0 aromatic heterocycles. The van der Waals surface area contributed by atoms with E-state index in [0.29, 0.717) is 28.6 Å². The van der Waals surface area contributed by atoms with Crippen LogP contribution >= 0.6 is 12.2 Å². The number of hydrazine groups is 1. The molecule has 0 aliphatic heterocycles. The van der Waals surface area contributed by atoms with Crippen LogP contribution in [0.1, 0.15) is 49.0 Å². The van der Waals surface area contributed by atoms with Crippen molar-refractivity contribution in [1.29, 1.82) is 0 Å². The third-order valence-corrected chi connectivity index (χ3v) is 5.25. The van der Waals surface area contributed by atoms with Crippen molar-refractivity contribution in [1.82, 2.24) is 21.5 Å². The summed E-state index contributed by atoms with van der Waals surface area (Å²) in [5.41, 5.74) is 6.74. The van der Waals surface area contributed by atoms with Crippen LogP contribution in [-0.4, -0.2) is 29.5 Å². The average molecular weight is 377 g/mol. The molecule has 3 atom stereocenters. The van der Waals surface area contributed by atoms with Gasteiger partial charge < -0.3 is 10.6 Å². The highest BCUT2D eigenvalue weighted by atomic mass is 32.1. The standard InChI is InChI=1S/C19H28N4O2S/c1-12-6-4-8-15(10-12)18(25)20-11-17(24)22-23-19(26)21-16-9-5-7-13(2)14(16)3/h4,6,8,10,13-14,16H,5,7,9,11H2,1-3H3,(H,20,25)(H,22,24)(H2,21,23,26)/t13-,14+,16+/m1/s1. The Balaban J connectivity index is 1.69. The Kier molecular flexibility index (Phi) is 7.38. The zero-order valence-corrected chi connectivity index (χ0v) is 16.4. The summed E-state index contributed by atoms with van der Waals surface area (Å²) in [4.78, 5) is 23.9. The molecule has 0 saturated heterocycles. The van der Waals surface area contributed by atoms with Crippen LogP contribution in [0.25, 0.3) is 0 Å². The predicted octanol–water partition coefficient (Wildman–Crippen LogP) is 2.04. The minimum Gasteiger partial charge on any atom is -0.358 e. The van der Waals surface area contributed by atoms with E-state index in [0.717, 1.165) is 12.0 Å². The summed E-state index contributed by atoms with van der Waals surface area (Å²) in [5.74, 6) is 0.554. The molecule has 0 bridgehead atoms. The number of carbonyl (C=O) groups excluding carboxylic acids is 2. The van der Waals surface area contributed by atoms with Crippen molar-refractivity contribution in [2.75, 3.05) is 6.54 Å². The second-order valence-corrected chi connectivity index (χ2v) is 7.48. The molecular weight excluding hydrogens is 348 g/mol. The lowest BCUT2D eigenvalue weighted by atomic mass is 9.78. The molecular formula is C19H28N4O2S. The third-order valence-electron chi connectivity index (χ3n) is 5.03. The lowest BCUT2D eigenvalue weighted by Crippen LogP contribution is -2.53. The first-order valence-electron chi connectivity index (χ1n) is 9.07. The maximum atomic E-state index is 12.0. The molecule has 4 N–H and O–H groups in total. The van der Waals surface area contributed by atoms with Gasteiger partial charge in [0.05, 0.1) is 6.54 Å². The van der Waals surface area contributed by atoms with E-state index in [4.69, 9.17) is 12.2 Å². The van der Waals surface area contributed by atoms with Crippen molar-refractivity contribution in [2.24, 2.45) is 11.8 Å². The van der Waals surface area contributed by atoms with Gasteiger partial charge in [-0.2, -0.15) is 0 Å². The summed E-state index contributed by atoms with van der Waals surface area (Å²) in [6.07, 6.45) is 3.51. The normalized spacial score (nSPS) is 22.2. The van der Waals surface area contributed by atoms with E-state index in [9.17, 15) is 9.59 Å². The number of hydrogen-bond acceptors (Lipinski definition) is 3. The molecule has 1 aliphatic rings. The van der Waals surface area contributed by atoms with E-state index < -0.39 is 0 Å². The van der Waals surface area contributed by atoms with Crippen LogP contribution in [0, 0.1) is 18.8 Å². The molecule has 1 aromatic rings. The number of amides is 2. The third kappa shape index (κ3) is 5.98. The van der Waals surface area contributed by atoms with Crippen LogP contribution in [0.5, 0.6) is 0 Å². The SMILES string of the molecule is Cc1cccc(C(=O)NCC(=O)NNC(=S)N[C@H]2CCC[C@@H](C)[C@@H]2C)c1. The highest BCUT2D eigenvalue weighted by Gasteiger charge is 2.27. The van der Waals surface area contributed by atoms with Crippen LogP contribution in [0.4, 0.5) is 0 Å². The Morgan fingerprint density at radius 3 is 2.69 bits per heavy atom. The van der Waals surface area contributed by atoms with Crippen molar-refractivity contribution in [3.05, 3.63) is 35.4 Å². The van der Waals surface area contributed by atoms with Crippen molar-refractivity contribution in [2.45, 2.75) is 46.1 Å². The van der Waals surface area contributed by atoms with Gasteiger partial charge in [0.25, 0.3) is 11.8 Å². The molecule has 0 unspecified atom stereocenters. The van der Waals surface area contributed by atoms with Gasteiger partial charge in [-0.3, -0.25) is 20.4 Å². The number of nitrogens with one attached hydrogen (secondary N) is 4. The minimum absolute atomic E-state index is 0.126. The Morgan fingerprint density at radius 2 is 1.96 bits per heavy atom. The van der Waals surface area contributed by atoms with E-state index in [-0.39, 0.29) is 18.4 Å². The molecule has 1 aliphatic carbocycles. The molecule has 26 heavy (non-hydrogen) atoms. The zero-order valence-electron chi connectivity index (χ0n) is 15.6. The second-order valence-electron chi connectivity index (χ2n) is 7.07. The first kappa shape index (κ1) is 20.2. The first-order valence-corrected chi connectivity index (χ1v) is 9.48. The monoisotopic (exact) mass is 376 g/mol. The lowest BCUT2D eigenvalue weighted by Gasteiger charge is -2.35. The molecule has 2 rings (SSSR count). The summed E-state index contributed by atoms with van der Waals surface area (Å²) in [6.45, 7) is 6.27. The van der Waals surface area contributed by atoms with Crippen LogP contribution in [-0.2, 0) is 4.79 Å². The lowest BCUT2D eigenvalue weighted by molar-refractivity contribution is -0.120. The van der Waals surface area contributed by atoms with E-state index in [1.165, 1.54) is 12.8 Å².